The van der Waals surface area contributed by atoms with Gasteiger partial charge in [-0.15, -0.1) is 11.6 Å². The van der Waals surface area contributed by atoms with E-state index in [9.17, 15) is 4.57 Å². The Kier molecular flexibility index (Phi) is 8.50. The standard InChI is InChI=1S/C11H24ClN2O4P/c1-3-16-11(17-4-2)5-10-18-19(15,13-7-6-12)14-8-9-14/h11H,3-10H2,1-2H3,(H,13,15). The van der Waals surface area contributed by atoms with E-state index in [-0.39, 0.29) is 6.29 Å². The zero-order valence-electron chi connectivity index (χ0n) is 11.6. The van der Waals surface area contributed by atoms with E-state index in [1.807, 2.05) is 13.8 Å². The lowest BCUT2D eigenvalue weighted by Gasteiger charge is -2.22. The minimum atomic E-state index is -2.90. The van der Waals surface area contributed by atoms with Gasteiger partial charge in [0.15, 0.2) is 6.29 Å². The monoisotopic (exact) mass is 314 g/mol. The number of nitrogens with one attached hydrogen (secondary N) is 1. The molecule has 1 rings (SSSR count). The summed E-state index contributed by atoms with van der Waals surface area (Å²) < 4.78 is 30.6. The zero-order chi connectivity index (χ0) is 14.1. The fourth-order valence-corrected chi connectivity index (χ4v) is 3.62. The zero-order valence-corrected chi connectivity index (χ0v) is 13.3. The Labute approximate surface area is 120 Å². The van der Waals surface area contributed by atoms with Crippen molar-refractivity contribution in [2.45, 2.75) is 26.6 Å². The molecular weight excluding hydrogens is 291 g/mol. The second-order valence-corrected chi connectivity index (χ2v) is 6.59. The third-order valence-electron chi connectivity index (χ3n) is 2.53. The number of rotatable bonds is 12. The summed E-state index contributed by atoms with van der Waals surface area (Å²) in [4.78, 5) is 0. The van der Waals surface area contributed by atoms with Crippen LogP contribution in [0.4, 0.5) is 0 Å². The van der Waals surface area contributed by atoms with Crippen LogP contribution in [-0.4, -0.2) is 56.3 Å². The summed E-state index contributed by atoms with van der Waals surface area (Å²) in [7, 11) is -2.90. The molecule has 0 aromatic heterocycles. The molecule has 1 unspecified atom stereocenters. The lowest BCUT2D eigenvalue weighted by Crippen LogP contribution is -2.23. The molecule has 19 heavy (non-hydrogen) atoms. The van der Waals surface area contributed by atoms with E-state index in [1.165, 1.54) is 0 Å². The van der Waals surface area contributed by atoms with Gasteiger partial charge in [-0.3, -0.25) is 4.57 Å². The Balaban J connectivity index is 2.32. The molecule has 6 nitrogen and oxygen atoms in total. The van der Waals surface area contributed by atoms with Gasteiger partial charge in [-0.1, -0.05) is 0 Å². The predicted octanol–water partition coefficient (Wildman–Crippen LogP) is 2.04. The Morgan fingerprint density at radius 2 is 1.95 bits per heavy atom. The predicted molar refractivity (Wildman–Crippen MR) is 75.5 cm³/mol. The number of halogens is 1. The van der Waals surface area contributed by atoms with Gasteiger partial charge in [-0.05, 0) is 13.8 Å². The fourth-order valence-electron chi connectivity index (χ4n) is 1.58. The van der Waals surface area contributed by atoms with Crippen LogP contribution in [0.25, 0.3) is 0 Å². The van der Waals surface area contributed by atoms with Crippen LogP contribution in [0.15, 0.2) is 0 Å². The number of ether oxygens (including phenoxy) is 2. The molecule has 0 aromatic carbocycles. The van der Waals surface area contributed by atoms with Crippen LogP contribution in [0.5, 0.6) is 0 Å². The molecule has 0 bridgehead atoms. The van der Waals surface area contributed by atoms with E-state index in [0.717, 1.165) is 13.1 Å². The van der Waals surface area contributed by atoms with Crippen molar-refractivity contribution in [3.63, 3.8) is 0 Å². The van der Waals surface area contributed by atoms with Crippen molar-refractivity contribution in [3.05, 3.63) is 0 Å². The second kappa shape index (κ2) is 9.29. The highest BCUT2D eigenvalue weighted by Gasteiger charge is 2.39. The molecular formula is C11H24ClN2O4P. The SMILES string of the molecule is CCOC(CCOP(=O)(NCCCl)N1CC1)OCC. The van der Waals surface area contributed by atoms with Crippen LogP contribution in [0.2, 0.25) is 0 Å². The second-order valence-electron chi connectivity index (χ2n) is 4.03. The Morgan fingerprint density at radius 3 is 2.42 bits per heavy atom. The van der Waals surface area contributed by atoms with E-state index >= 15 is 0 Å². The summed E-state index contributed by atoms with van der Waals surface area (Å²) in [6.45, 7) is 7.38. The van der Waals surface area contributed by atoms with Crippen LogP contribution in [0.3, 0.4) is 0 Å². The molecule has 114 valence electrons. The fraction of sp³-hybridized carbons (Fsp3) is 1.00. The first kappa shape index (κ1) is 17.4. The van der Waals surface area contributed by atoms with Crippen molar-refractivity contribution in [3.8, 4) is 0 Å². The third-order valence-corrected chi connectivity index (χ3v) is 5.02. The third kappa shape index (κ3) is 6.54. The molecule has 1 fully saturated rings. The molecule has 1 aliphatic heterocycles. The van der Waals surface area contributed by atoms with E-state index in [4.69, 9.17) is 25.6 Å². The summed E-state index contributed by atoms with van der Waals surface area (Å²) in [5.41, 5.74) is 0. The van der Waals surface area contributed by atoms with Crippen molar-refractivity contribution in [1.29, 1.82) is 0 Å². The van der Waals surface area contributed by atoms with Crippen LogP contribution in [-0.2, 0) is 18.6 Å². The number of hydrogen-bond acceptors (Lipinski definition) is 4. The molecule has 0 aromatic rings. The highest BCUT2D eigenvalue weighted by Crippen LogP contribution is 2.50. The van der Waals surface area contributed by atoms with Crippen molar-refractivity contribution < 1.29 is 18.6 Å². The van der Waals surface area contributed by atoms with Gasteiger partial charge >= 0.3 is 7.67 Å². The summed E-state index contributed by atoms with van der Waals surface area (Å²) in [5.74, 6) is 0.404. The molecule has 0 spiro atoms. The van der Waals surface area contributed by atoms with Gasteiger partial charge in [0.1, 0.15) is 0 Å². The minimum Gasteiger partial charge on any atom is -0.353 e. The molecule has 1 heterocycles. The molecule has 1 aliphatic rings. The van der Waals surface area contributed by atoms with Gasteiger partial charge in [0.2, 0.25) is 0 Å². The number of hydrogen-bond donors (Lipinski definition) is 1. The van der Waals surface area contributed by atoms with E-state index in [2.05, 4.69) is 5.09 Å². The quantitative estimate of drug-likeness (QED) is 0.257. The maximum Gasteiger partial charge on any atom is 0.343 e. The first-order valence-electron chi connectivity index (χ1n) is 6.70. The van der Waals surface area contributed by atoms with Crippen LogP contribution >= 0.6 is 19.3 Å². The Bertz CT molecular complexity index is 286. The van der Waals surface area contributed by atoms with E-state index in [1.54, 1.807) is 4.67 Å². The average Bonchev–Trinajstić information content (AvgIpc) is 3.21. The number of nitrogens with zero attached hydrogens (tertiary/aromatic N) is 1. The van der Waals surface area contributed by atoms with Crippen LogP contribution in [0, 0.1) is 0 Å². The Hall–Kier alpha value is 0.320. The first-order chi connectivity index (χ1) is 9.16. The summed E-state index contributed by atoms with van der Waals surface area (Å²) in [5, 5.41) is 2.89. The van der Waals surface area contributed by atoms with Crippen molar-refractivity contribution in [2.75, 3.05) is 45.3 Å². The lowest BCUT2D eigenvalue weighted by atomic mass is 10.4. The molecule has 0 radical (unpaired) electrons. The smallest absolute Gasteiger partial charge is 0.343 e. The van der Waals surface area contributed by atoms with Crippen LogP contribution in [0.1, 0.15) is 20.3 Å². The molecule has 0 amide bonds. The molecule has 1 saturated heterocycles. The number of alkyl halides is 1. The molecule has 1 atom stereocenters. The maximum atomic E-state index is 12.5. The largest absolute Gasteiger partial charge is 0.353 e. The van der Waals surface area contributed by atoms with E-state index < -0.39 is 7.67 Å². The summed E-state index contributed by atoms with van der Waals surface area (Å²) >= 11 is 5.60. The van der Waals surface area contributed by atoms with Crippen molar-refractivity contribution in [2.24, 2.45) is 0 Å². The average molecular weight is 315 g/mol. The van der Waals surface area contributed by atoms with Crippen LogP contribution < -0.4 is 5.09 Å². The molecule has 8 heteroatoms. The maximum absolute atomic E-state index is 12.5. The van der Waals surface area contributed by atoms with Crippen molar-refractivity contribution >= 4 is 19.3 Å². The minimum absolute atomic E-state index is 0.300. The summed E-state index contributed by atoms with van der Waals surface area (Å²) in [6.07, 6.45) is 0.257. The van der Waals surface area contributed by atoms with Gasteiger partial charge in [0.05, 0.1) is 6.61 Å². The highest BCUT2D eigenvalue weighted by atomic mass is 35.5. The topological polar surface area (TPSA) is 59.8 Å². The molecule has 1 N–H and O–H groups in total. The summed E-state index contributed by atoms with van der Waals surface area (Å²) in [6, 6.07) is 0. The molecule has 0 aliphatic carbocycles. The lowest BCUT2D eigenvalue weighted by molar-refractivity contribution is -0.142. The Morgan fingerprint density at radius 1 is 1.32 bits per heavy atom. The molecule has 0 saturated carbocycles. The first-order valence-corrected chi connectivity index (χ1v) is 8.81. The van der Waals surface area contributed by atoms with Gasteiger partial charge in [0.25, 0.3) is 0 Å². The van der Waals surface area contributed by atoms with Gasteiger partial charge in [-0.25, -0.2) is 9.76 Å². The van der Waals surface area contributed by atoms with E-state index in [0.29, 0.717) is 38.7 Å². The normalized spacial score (nSPS) is 18.7. The van der Waals surface area contributed by atoms with Gasteiger partial charge in [-0.2, -0.15) is 0 Å². The van der Waals surface area contributed by atoms with Gasteiger partial charge < -0.3 is 14.0 Å². The van der Waals surface area contributed by atoms with Crippen molar-refractivity contribution in [1.82, 2.24) is 9.76 Å². The van der Waals surface area contributed by atoms with Gasteiger partial charge in [0, 0.05) is 45.1 Å². The highest BCUT2D eigenvalue weighted by molar-refractivity contribution is 7.54.